The lowest BCUT2D eigenvalue weighted by atomic mass is 10.1. The van der Waals surface area contributed by atoms with Gasteiger partial charge in [0.15, 0.2) is 9.84 Å². The third-order valence-electron chi connectivity index (χ3n) is 6.68. The van der Waals surface area contributed by atoms with Gasteiger partial charge in [0, 0.05) is 5.69 Å². The van der Waals surface area contributed by atoms with E-state index in [-0.39, 0.29) is 30.0 Å². The zero-order valence-electron chi connectivity index (χ0n) is 18.7. The van der Waals surface area contributed by atoms with Crippen LogP contribution in [-0.4, -0.2) is 68.5 Å². The minimum Gasteiger partial charge on any atom is -0.490 e. The van der Waals surface area contributed by atoms with E-state index in [1.807, 2.05) is 56.3 Å². The first kappa shape index (κ1) is 21.8. The highest BCUT2D eigenvalue weighted by molar-refractivity contribution is 7.91. The summed E-state index contributed by atoms with van der Waals surface area (Å²) >= 11 is 0. The number of carbonyl (C=O) groups excluding carboxylic acids is 2. The van der Waals surface area contributed by atoms with Crippen molar-refractivity contribution >= 4 is 33.2 Å². The second kappa shape index (κ2) is 8.06. The van der Waals surface area contributed by atoms with Crippen LogP contribution in [-0.2, 0) is 21.1 Å². The Kier molecular flexibility index (Phi) is 5.31. The summed E-state index contributed by atoms with van der Waals surface area (Å²) in [4.78, 5) is 31.5. The van der Waals surface area contributed by atoms with E-state index in [9.17, 15) is 18.0 Å². The summed E-state index contributed by atoms with van der Waals surface area (Å²) in [6.07, 6.45) is 0.871. The summed E-state index contributed by atoms with van der Waals surface area (Å²) in [6.45, 7) is 4.57. The number of carbonyl (C=O) groups is 2. The Morgan fingerprint density at radius 3 is 2.55 bits per heavy atom. The molecule has 0 saturated carbocycles. The van der Waals surface area contributed by atoms with Crippen LogP contribution in [0.15, 0.2) is 42.5 Å². The maximum atomic E-state index is 13.5. The molecule has 0 N–H and O–H groups in total. The number of benzene rings is 2. The molecule has 0 bridgehead atoms. The van der Waals surface area contributed by atoms with Gasteiger partial charge in [0.1, 0.15) is 18.9 Å². The van der Waals surface area contributed by atoms with E-state index >= 15 is 0 Å². The van der Waals surface area contributed by atoms with Crippen LogP contribution >= 0.6 is 0 Å². The zero-order chi connectivity index (χ0) is 23.3. The highest BCUT2D eigenvalue weighted by Crippen LogP contribution is 2.36. The van der Waals surface area contributed by atoms with Gasteiger partial charge >= 0.3 is 6.03 Å². The zero-order valence-corrected chi connectivity index (χ0v) is 19.5. The fourth-order valence-electron chi connectivity index (χ4n) is 4.97. The second-order valence-corrected chi connectivity index (χ2v) is 11.0. The molecule has 3 aliphatic heterocycles. The standard InChI is InChI=1S/C24H27N3O5S/c1-3-17-5-7-18(8-6-17)27-21-15-33(30,31)14-20(21)26(24(27)29)13-23(28)25-10-11-32-22-9-4-16(2)12-19(22)25/h4-9,12,20-21H,3,10-11,13-15H2,1-2H3. The Bertz CT molecular complexity index is 1210. The number of sulfone groups is 1. The first-order chi connectivity index (χ1) is 15.8. The largest absolute Gasteiger partial charge is 0.490 e. The summed E-state index contributed by atoms with van der Waals surface area (Å²) in [6, 6.07) is 11.9. The van der Waals surface area contributed by atoms with Crippen molar-refractivity contribution in [3.8, 4) is 5.75 Å². The molecular formula is C24H27N3O5S. The predicted octanol–water partition coefficient (Wildman–Crippen LogP) is 2.39. The Morgan fingerprint density at radius 1 is 1.09 bits per heavy atom. The van der Waals surface area contributed by atoms with Crippen molar-refractivity contribution in [2.24, 2.45) is 0 Å². The smallest absolute Gasteiger partial charge is 0.325 e. The minimum atomic E-state index is -3.31. The molecule has 2 saturated heterocycles. The molecule has 3 amide bonds. The van der Waals surface area contributed by atoms with E-state index in [0.29, 0.717) is 30.3 Å². The van der Waals surface area contributed by atoms with Crippen molar-refractivity contribution in [2.45, 2.75) is 32.4 Å². The van der Waals surface area contributed by atoms with Crippen molar-refractivity contribution in [1.82, 2.24) is 4.90 Å². The maximum absolute atomic E-state index is 13.5. The Morgan fingerprint density at radius 2 is 1.82 bits per heavy atom. The van der Waals surface area contributed by atoms with Crippen molar-refractivity contribution in [2.75, 3.05) is 41.0 Å². The van der Waals surface area contributed by atoms with Crippen LogP contribution < -0.4 is 14.5 Å². The number of ether oxygens (including phenoxy) is 1. The Hall–Kier alpha value is -3.07. The fourth-order valence-corrected chi connectivity index (χ4v) is 6.92. The number of nitrogens with zero attached hydrogens (tertiary/aromatic N) is 3. The average molecular weight is 470 g/mol. The van der Waals surface area contributed by atoms with E-state index in [0.717, 1.165) is 17.5 Å². The van der Waals surface area contributed by atoms with E-state index in [1.54, 1.807) is 9.80 Å². The number of rotatable bonds is 4. The number of anilines is 2. The van der Waals surface area contributed by atoms with Crippen molar-refractivity contribution in [3.63, 3.8) is 0 Å². The van der Waals surface area contributed by atoms with E-state index < -0.39 is 21.9 Å². The molecule has 3 aliphatic rings. The second-order valence-electron chi connectivity index (χ2n) is 8.88. The monoisotopic (exact) mass is 469 g/mol. The van der Waals surface area contributed by atoms with Gasteiger partial charge in [-0.3, -0.25) is 9.69 Å². The molecule has 33 heavy (non-hydrogen) atoms. The molecule has 5 rings (SSSR count). The maximum Gasteiger partial charge on any atom is 0.325 e. The van der Waals surface area contributed by atoms with Crippen LogP contribution in [0, 0.1) is 6.92 Å². The number of urea groups is 1. The van der Waals surface area contributed by atoms with Crippen LogP contribution in [0.5, 0.6) is 5.75 Å². The Balaban J connectivity index is 1.44. The number of aryl methyl sites for hydroxylation is 2. The molecule has 2 fully saturated rings. The molecular weight excluding hydrogens is 442 g/mol. The minimum absolute atomic E-state index is 0.0940. The van der Waals surface area contributed by atoms with Gasteiger partial charge in [-0.25, -0.2) is 13.2 Å². The number of hydrogen-bond acceptors (Lipinski definition) is 5. The molecule has 0 radical (unpaired) electrons. The quantitative estimate of drug-likeness (QED) is 0.642. The van der Waals surface area contributed by atoms with Crippen molar-refractivity contribution in [3.05, 3.63) is 53.6 Å². The number of amides is 3. The highest BCUT2D eigenvalue weighted by atomic mass is 32.2. The molecule has 0 spiro atoms. The number of hydrogen-bond donors (Lipinski definition) is 0. The Labute approximate surface area is 193 Å². The fraction of sp³-hybridized carbons (Fsp3) is 0.417. The van der Waals surface area contributed by atoms with Gasteiger partial charge in [-0.2, -0.15) is 0 Å². The highest BCUT2D eigenvalue weighted by Gasteiger charge is 2.54. The lowest BCUT2D eigenvalue weighted by molar-refractivity contribution is -0.119. The molecule has 0 aliphatic carbocycles. The number of fused-ring (bicyclic) bond motifs is 2. The predicted molar refractivity (Wildman–Crippen MR) is 126 cm³/mol. The van der Waals surface area contributed by atoms with Crippen LogP contribution in [0.1, 0.15) is 18.1 Å². The molecule has 2 unspecified atom stereocenters. The molecule has 2 aromatic rings. The first-order valence-electron chi connectivity index (χ1n) is 11.2. The summed E-state index contributed by atoms with van der Waals surface area (Å²) in [5.74, 6) is 0.166. The molecule has 9 heteroatoms. The summed E-state index contributed by atoms with van der Waals surface area (Å²) in [7, 11) is -3.31. The lowest BCUT2D eigenvalue weighted by Crippen LogP contribution is -2.48. The summed E-state index contributed by atoms with van der Waals surface area (Å²) in [5, 5.41) is 0. The van der Waals surface area contributed by atoms with Gasteiger partial charge in [0.2, 0.25) is 5.91 Å². The van der Waals surface area contributed by atoms with Gasteiger partial charge in [-0.05, 0) is 48.7 Å². The lowest BCUT2D eigenvalue weighted by Gasteiger charge is -2.32. The van der Waals surface area contributed by atoms with Crippen LogP contribution in [0.25, 0.3) is 0 Å². The summed E-state index contributed by atoms with van der Waals surface area (Å²) < 4.78 is 30.6. The third-order valence-corrected chi connectivity index (χ3v) is 8.38. The van der Waals surface area contributed by atoms with Gasteiger partial charge in [-0.1, -0.05) is 25.1 Å². The van der Waals surface area contributed by atoms with E-state index in [2.05, 4.69) is 0 Å². The van der Waals surface area contributed by atoms with Crippen LogP contribution in [0.3, 0.4) is 0 Å². The van der Waals surface area contributed by atoms with Crippen LogP contribution in [0.4, 0.5) is 16.2 Å². The molecule has 2 aromatic carbocycles. The normalized spacial score (nSPS) is 23.3. The van der Waals surface area contributed by atoms with Crippen molar-refractivity contribution < 1.29 is 22.7 Å². The molecule has 2 atom stereocenters. The van der Waals surface area contributed by atoms with E-state index in [4.69, 9.17) is 4.74 Å². The molecule has 8 nitrogen and oxygen atoms in total. The molecule has 174 valence electrons. The van der Waals surface area contributed by atoms with Gasteiger partial charge in [-0.15, -0.1) is 0 Å². The average Bonchev–Trinajstić information content (AvgIpc) is 3.23. The summed E-state index contributed by atoms with van der Waals surface area (Å²) in [5.41, 5.74) is 3.47. The van der Waals surface area contributed by atoms with Gasteiger partial charge in [0.25, 0.3) is 0 Å². The van der Waals surface area contributed by atoms with Gasteiger partial charge in [0.05, 0.1) is 35.8 Å². The molecule has 0 aromatic heterocycles. The topological polar surface area (TPSA) is 87.2 Å². The van der Waals surface area contributed by atoms with E-state index in [1.165, 1.54) is 4.90 Å². The van der Waals surface area contributed by atoms with Crippen LogP contribution in [0.2, 0.25) is 0 Å². The third kappa shape index (κ3) is 3.84. The SMILES string of the molecule is CCc1ccc(N2C(=O)N(CC(=O)N3CCOc4ccc(C)cc43)C3CS(=O)(=O)CC32)cc1. The molecule has 3 heterocycles. The first-order valence-corrected chi connectivity index (χ1v) is 13.0. The van der Waals surface area contributed by atoms with Gasteiger partial charge < -0.3 is 14.5 Å². The van der Waals surface area contributed by atoms with Crippen molar-refractivity contribution in [1.29, 1.82) is 0 Å².